The summed E-state index contributed by atoms with van der Waals surface area (Å²) in [5, 5.41) is 4.07. The molecule has 2 N–H and O–H groups in total. The zero-order valence-corrected chi connectivity index (χ0v) is 13.0. The SMILES string of the molecule is CN1CCCC1CNC(=O)c1cc2cc(Br)ccc2[nH]1. The van der Waals surface area contributed by atoms with Gasteiger partial charge in [0.25, 0.3) is 5.91 Å². The maximum Gasteiger partial charge on any atom is 0.267 e. The van der Waals surface area contributed by atoms with Crippen molar-refractivity contribution in [3.8, 4) is 0 Å². The van der Waals surface area contributed by atoms with Crippen molar-refractivity contribution in [3.05, 3.63) is 34.4 Å². The standard InChI is InChI=1S/C15H18BrN3O/c1-19-6-2-3-12(19)9-17-15(20)14-8-10-7-11(16)4-5-13(10)18-14/h4-5,7-8,12,18H,2-3,6,9H2,1H3,(H,17,20). The number of H-pyrrole nitrogens is 1. The van der Waals surface area contributed by atoms with Gasteiger partial charge in [-0.1, -0.05) is 15.9 Å². The molecule has 1 aliphatic rings. The van der Waals surface area contributed by atoms with Gasteiger partial charge in [0.1, 0.15) is 5.69 Å². The number of carbonyl (C=O) groups is 1. The van der Waals surface area contributed by atoms with Crippen LogP contribution in [0.25, 0.3) is 10.9 Å². The number of hydrogen-bond acceptors (Lipinski definition) is 2. The van der Waals surface area contributed by atoms with E-state index in [9.17, 15) is 4.79 Å². The van der Waals surface area contributed by atoms with Gasteiger partial charge in [0.15, 0.2) is 0 Å². The van der Waals surface area contributed by atoms with Gasteiger partial charge in [-0.05, 0) is 50.7 Å². The fraction of sp³-hybridized carbons (Fsp3) is 0.400. The van der Waals surface area contributed by atoms with E-state index in [4.69, 9.17) is 0 Å². The summed E-state index contributed by atoms with van der Waals surface area (Å²) in [6.07, 6.45) is 2.38. The molecule has 2 aromatic rings. The predicted octanol–water partition coefficient (Wildman–Crippen LogP) is 2.75. The van der Waals surface area contributed by atoms with Gasteiger partial charge in [-0.2, -0.15) is 0 Å². The van der Waals surface area contributed by atoms with Gasteiger partial charge in [0.05, 0.1) is 0 Å². The molecule has 0 saturated carbocycles. The van der Waals surface area contributed by atoms with Crippen LogP contribution in [0.1, 0.15) is 23.3 Å². The number of fused-ring (bicyclic) bond motifs is 1. The number of amides is 1. The third kappa shape index (κ3) is 2.74. The van der Waals surface area contributed by atoms with Crippen molar-refractivity contribution >= 4 is 32.7 Å². The van der Waals surface area contributed by atoms with E-state index < -0.39 is 0 Å². The lowest BCUT2D eigenvalue weighted by molar-refractivity contribution is 0.0939. The highest BCUT2D eigenvalue weighted by molar-refractivity contribution is 9.10. The molecule has 1 saturated heterocycles. The molecule has 0 radical (unpaired) electrons. The summed E-state index contributed by atoms with van der Waals surface area (Å²) >= 11 is 3.44. The third-order valence-electron chi connectivity index (χ3n) is 4.00. The van der Waals surface area contributed by atoms with Crippen LogP contribution in [-0.2, 0) is 0 Å². The highest BCUT2D eigenvalue weighted by Crippen LogP contribution is 2.20. The van der Waals surface area contributed by atoms with Gasteiger partial charge < -0.3 is 15.2 Å². The summed E-state index contributed by atoms with van der Waals surface area (Å²) in [5.74, 6) is -0.0300. The second kappa shape index (κ2) is 5.58. The van der Waals surface area contributed by atoms with Crippen molar-refractivity contribution in [2.24, 2.45) is 0 Å². The molecule has 1 aliphatic heterocycles. The molecule has 5 heteroatoms. The van der Waals surface area contributed by atoms with Gasteiger partial charge in [0.2, 0.25) is 0 Å². The van der Waals surface area contributed by atoms with E-state index >= 15 is 0 Å². The molecular weight excluding hydrogens is 318 g/mol. The van der Waals surface area contributed by atoms with Crippen molar-refractivity contribution in [2.75, 3.05) is 20.1 Å². The molecule has 20 heavy (non-hydrogen) atoms. The number of hydrogen-bond donors (Lipinski definition) is 2. The second-order valence-corrected chi connectivity index (χ2v) is 6.32. The van der Waals surface area contributed by atoms with Crippen LogP contribution in [-0.4, -0.2) is 42.0 Å². The first-order chi connectivity index (χ1) is 9.63. The monoisotopic (exact) mass is 335 g/mol. The van der Waals surface area contributed by atoms with Crippen LogP contribution in [0.2, 0.25) is 0 Å². The number of halogens is 1. The molecule has 106 valence electrons. The average molecular weight is 336 g/mol. The quantitative estimate of drug-likeness (QED) is 0.906. The second-order valence-electron chi connectivity index (χ2n) is 5.40. The molecule has 1 amide bonds. The van der Waals surface area contributed by atoms with E-state index in [0.717, 1.165) is 28.3 Å². The summed E-state index contributed by atoms with van der Waals surface area (Å²) in [6, 6.07) is 8.31. The van der Waals surface area contributed by atoms with E-state index in [0.29, 0.717) is 18.3 Å². The number of nitrogens with one attached hydrogen (secondary N) is 2. The van der Waals surface area contributed by atoms with Crippen molar-refractivity contribution in [1.29, 1.82) is 0 Å². The van der Waals surface area contributed by atoms with Crippen LogP contribution in [0.4, 0.5) is 0 Å². The smallest absolute Gasteiger partial charge is 0.267 e. The highest BCUT2D eigenvalue weighted by atomic mass is 79.9. The highest BCUT2D eigenvalue weighted by Gasteiger charge is 2.21. The van der Waals surface area contributed by atoms with E-state index in [2.05, 4.69) is 38.2 Å². The molecule has 3 rings (SSSR count). The number of rotatable bonds is 3. The van der Waals surface area contributed by atoms with Crippen molar-refractivity contribution in [2.45, 2.75) is 18.9 Å². The number of likely N-dealkylation sites (tertiary alicyclic amines) is 1. The molecular formula is C15H18BrN3O. The summed E-state index contributed by atoms with van der Waals surface area (Å²) < 4.78 is 1.02. The van der Waals surface area contributed by atoms with Crippen LogP contribution >= 0.6 is 15.9 Å². The molecule has 1 aromatic carbocycles. The maximum atomic E-state index is 12.2. The first kappa shape index (κ1) is 13.6. The van der Waals surface area contributed by atoms with Gasteiger partial charge in [-0.3, -0.25) is 4.79 Å². The third-order valence-corrected chi connectivity index (χ3v) is 4.49. The Bertz CT molecular complexity index is 637. The van der Waals surface area contributed by atoms with Crippen molar-refractivity contribution in [3.63, 3.8) is 0 Å². The van der Waals surface area contributed by atoms with Crippen molar-refractivity contribution in [1.82, 2.24) is 15.2 Å². The Hall–Kier alpha value is -1.33. The zero-order valence-electron chi connectivity index (χ0n) is 11.4. The Morgan fingerprint density at radius 1 is 1.50 bits per heavy atom. The topological polar surface area (TPSA) is 48.1 Å². The largest absolute Gasteiger partial charge is 0.351 e. The van der Waals surface area contributed by atoms with Crippen LogP contribution in [0.3, 0.4) is 0 Å². The number of nitrogens with zero attached hydrogens (tertiary/aromatic N) is 1. The van der Waals surface area contributed by atoms with Crippen molar-refractivity contribution < 1.29 is 4.79 Å². The van der Waals surface area contributed by atoms with Gasteiger partial charge in [-0.15, -0.1) is 0 Å². The van der Waals surface area contributed by atoms with E-state index in [1.165, 1.54) is 6.42 Å². The van der Waals surface area contributed by atoms with Gasteiger partial charge >= 0.3 is 0 Å². The molecule has 1 atom stereocenters. The number of likely N-dealkylation sites (N-methyl/N-ethyl adjacent to an activating group) is 1. The van der Waals surface area contributed by atoms with Crippen LogP contribution < -0.4 is 5.32 Å². The first-order valence-corrected chi connectivity index (χ1v) is 7.69. The number of carbonyl (C=O) groups excluding carboxylic acids is 1. The molecule has 1 unspecified atom stereocenters. The predicted molar refractivity (Wildman–Crippen MR) is 84.0 cm³/mol. The molecule has 4 nitrogen and oxygen atoms in total. The summed E-state index contributed by atoms with van der Waals surface area (Å²) in [5.41, 5.74) is 1.61. The van der Waals surface area contributed by atoms with Crippen LogP contribution in [0.15, 0.2) is 28.7 Å². The van der Waals surface area contributed by atoms with E-state index in [1.807, 2.05) is 24.3 Å². The average Bonchev–Trinajstić information content (AvgIpc) is 3.01. The number of aromatic amines is 1. The lowest BCUT2D eigenvalue weighted by Gasteiger charge is -2.19. The van der Waals surface area contributed by atoms with Gasteiger partial charge in [-0.25, -0.2) is 0 Å². The molecule has 0 spiro atoms. The minimum Gasteiger partial charge on any atom is -0.351 e. The zero-order chi connectivity index (χ0) is 14.1. The fourth-order valence-corrected chi connectivity index (χ4v) is 3.15. The normalized spacial score (nSPS) is 19.6. The lowest BCUT2D eigenvalue weighted by atomic mass is 10.2. The van der Waals surface area contributed by atoms with Crippen LogP contribution in [0.5, 0.6) is 0 Å². The summed E-state index contributed by atoms with van der Waals surface area (Å²) in [7, 11) is 2.12. The summed E-state index contributed by atoms with van der Waals surface area (Å²) in [4.78, 5) is 17.7. The number of aromatic nitrogens is 1. The molecule has 1 aromatic heterocycles. The Labute approximate surface area is 126 Å². The first-order valence-electron chi connectivity index (χ1n) is 6.90. The Balaban J connectivity index is 1.69. The molecule has 0 aliphatic carbocycles. The van der Waals surface area contributed by atoms with E-state index in [1.54, 1.807) is 0 Å². The minimum atomic E-state index is -0.0300. The Kier molecular flexibility index (Phi) is 3.81. The molecule has 1 fully saturated rings. The van der Waals surface area contributed by atoms with E-state index in [-0.39, 0.29) is 5.91 Å². The van der Waals surface area contributed by atoms with Gasteiger partial charge in [0, 0.05) is 28.0 Å². The Morgan fingerprint density at radius 2 is 2.35 bits per heavy atom. The Morgan fingerprint density at radius 3 is 3.10 bits per heavy atom. The van der Waals surface area contributed by atoms with Crippen LogP contribution in [0, 0.1) is 0 Å². The molecule has 2 heterocycles. The maximum absolute atomic E-state index is 12.2. The fourth-order valence-electron chi connectivity index (χ4n) is 2.77. The minimum absolute atomic E-state index is 0.0300. The number of benzene rings is 1. The summed E-state index contributed by atoms with van der Waals surface area (Å²) in [6.45, 7) is 1.84. The molecule has 0 bridgehead atoms. The lowest BCUT2D eigenvalue weighted by Crippen LogP contribution is -2.38.